The molecule has 0 aliphatic heterocycles. The second kappa shape index (κ2) is 6.87. The van der Waals surface area contributed by atoms with E-state index < -0.39 is 11.6 Å². The van der Waals surface area contributed by atoms with Gasteiger partial charge in [0.05, 0.1) is 28.2 Å². The summed E-state index contributed by atoms with van der Waals surface area (Å²) in [5, 5.41) is 26.7. The molecule has 0 aliphatic rings. The number of nitrogens with two attached hydrogens (primary N) is 1. The molecule has 4 N–H and O–H groups in total. The summed E-state index contributed by atoms with van der Waals surface area (Å²) in [6, 6.07) is 8.05. The van der Waals surface area contributed by atoms with Gasteiger partial charge < -0.3 is 20.6 Å². The van der Waals surface area contributed by atoms with Crippen molar-refractivity contribution in [1.82, 2.24) is 14.3 Å². The van der Waals surface area contributed by atoms with Gasteiger partial charge in [-0.05, 0) is 38.1 Å². The molecule has 2 aromatic carbocycles. The molecule has 0 amide bonds. The summed E-state index contributed by atoms with van der Waals surface area (Å²) >= 11 is 0. The lowest BCUT2D eigenvalue weighted by atomic mass is 10.0. The van der Waals surface area contributed by atoms with Crippen LogP contribution in [0.3, 0.4) is 0 Å². The Hall–Kier alpha value is -3.88. The van der Waals surface area contributed by atoms with Crippen LogP contribution >= 0.6 is 0 Å². The van der Waals surface area contributed by atoms with Gasteiger partial charge in [0.1, 0.15) is 11.6 Å². The summed E-state index contributed by atoms with van der Waals surface area (Å²) in [4.78, 5) is 0. The summed E-state index contributed by atoms with van der Waals surface area (Å²) in [6.07, 6.45) is 0. The zero-order chi connectivity index (χ0) is 21.7. The lowest BCUT2D eigenvalue weighted by Gasteiger charge is -2.14. The molecule has 154 valence electrons. The van der Waals surface area contributed by atoms with Crippen LogP contribution in [-0.2, 0) is 7.05 Å². The van der Waals surface area contributed by atoms with Crippen molar-refractivity contribution >= 4 is 16.7 Å². The third-order valence-corrected chi connectivity index (χ3v) is 5.22. The SMILES string of the molecule is Cc1nn(C)c(C)c1-c1c(/C(N)=N/O)c2c(F)cccc2n1-c1ccc(O)cc1F. The lowest BCUT2D eigenvalue weighted by Crippen LogP contribution is -2.15. The first-order chi connectivity index (χ1) is 14.3. The van der Waals surface area contributed by atoms with Gasteiger partial charge in [-0.2, -0.15) is 5.10 Å². The number of amidine groups is 1. The maximum atomic E-state index is 15.0. The fourth-order valence-electron chi connectivity index (χ4n) is 3.88. The lowest BCUT2D eigenvalue weighted by molar-refractivity contribution is 0.318. The van der Waals surface area contributed by atoms with Gasteiger partial charge in [0.25, 0.3) is 0 Å². The third-order valence-electron chi connectivity index (χ3n) is 5.22. The van der Waals surface area contributed by atoms with Crippen molar-refractivity contribution in [3.8, 4) is 22.7 Å². The quantitative estimate of drug-likeness (QED) is 0.207. The van der Waals surface area contributed by atoms with Gasteiger partial charge in [-0.3, -0.25) is 4.68 Å². The molecule has 2 aromatic heterocycles. The normalized spacial score (nSPS) is 12.1. The summed E-state index contributed by atoms with van der Waals surface area (Å²) < 4.78 is 33.1. The molecule has 9 heteroatoms. The third kappa shape index (κ3) is 2.70. The van der Waals surface area contributed by atoms with Gasteiger partial charge in [-0.1, -0.05) is 11.2 Å². The number of hydrogen-bond acceptors (Lipinski definition) is 4. The van der Waals surface area contributed by atoms with Crippen LogP contribution in [0.2, 0.25) is 0 Å². The Balaban J connectivity index is 2.30. The first kappa shape index (κ1) is 19.4. The Morgan fingerprint density at radius 1 is 1.13 bits per heavy atom. The Labute approximate surface area is 170 Å². The van der Waals surface area contributed by atoms with Crippen molar-refractivity contribution in [3.63, 3.8) is 0 Å². The van der Waals surface area contributed by atoms with Gasteiger partial charge in [0.15, 0.2) is 11.7 Å². The van der Waals surface area contributed by atoms with Crippen molar-refractivity contribution in [1.29, 1.82) is 0 Å². The minimum Gasteiger partial charge on any atom is -0.508 e. The Morgan fingerprint density at radius 3 is 2.47 bits per heavy atom. The molecule has 0 saturated heterocycles. The number of hydrogen-bond donors (Lipinski definition) is 3. The average Bonchev–Trinajstić information content (AvgIpc) is 3.15. The maximum absolute atomic E-state index is 15.0. The molecule has 4 rings (SSSR count). The number of aromatic hydroxyl groups is 1. The minimum absolute atomic E-state index is 0.0676. The van der Waals surface area contributed by atoms with Gasteiger partial charge in [-0.15, -0.1) is 0 Å². The van der Waals surface area contributed by atoms with Gasteiger partial charge >= 0.3 is 0 Å². The van der Waals surface area contributed by atoms with Gasteiger partial charge in [0.2, 0.25) is 0 Å². The highest BCUT2D eigenvalue weighted by Gasteiger charge is 2.29. The number of phenols is 1. The molecule has 0 aliphatic carbocycles. The highest BCUT2D eigenvalue weighted by Crippen LogP contribution is 2.40. The van der Waals surface area contributed by atoms with E-state index in [4.69, 9.17) is 5.73 Å². The van der Waals surface area contributed by atoms with Crippen LogP contribution in [-0.4, -0.2) is 30.5 Å². The van der Waals surface area contributed by atoms with Gasteiger partial charge in [-0.25, -0.2) is 8.78 Å². The summed E-state index contributed by atoms with van der Waals surface area (Å²) in [5.74, 6) is -1.89. The summed E-state index contributed by atoms with van der Waals surface area (Å²) in [7, 11) is 1.75. The number of nitrogens with zero attached hydrogens (tertiary/aromatic N) is 4. The number of benzene rings is 2. The molecule has 2 heterocycles. The van der Waals surface area contributed by atoms with Crippen LogP contribution in [0.1, 0.15) is 17.0 Å². The van der Waals surface area contributed by atoms with E-state index in [1.54, 1.807) is 24.7 Å². The van der Waals surface area contributed by atoms with E-state index in [0.717, 1.165) is 11.8 Å². The van der Waals surface area contributed by atoms with E-state index in [2.05, 4.69) is 10.3 Å². The number of aromatic nitrogens is 3. The van der Waals surface area contributed by atoms with Crippen molar-refractivity contribution in [2.24, 2.45) is 17.9 Å². The average molecular weight is 411 g/mol. The monoisotopic (exact) mass is 411 g/mol. The molecule has 0 unspecified atom stereocenters. The van der Waals surface area contributed by atoms with Crippen molar-refractivity contribution < 1.29 is 19.1 Å². The second-order valence-electron chi connectivity index (χ2n) is 6.98. The van der Waals surface area contributed by atoms with Crippen LogP contribution in [0, 0.1) is 25.5 Å². The molecule has 0 saturated carbocycles. The molecule has 30 heavy (non-hydrogen) atoms. The number of rotatable bonds is 3. The summed E-state index contributed by atoms with van der Waals surface area (Å²) in [6.45, 7) is 3.58. The fourth-order valence-corrected chi connectivity index (χ4v) is 3.88. The minimum atomic E-state index is -0.720. The van der Waals surface area contributed by atoms with E-state index >= 15 is 0 Å². The molecule has 0 radical (unpaired) electrons. The molecule has 0 bridgehead atoms. The summed E-state index contributed by atoms with van der Waals surface area (Å²) in [5.41, 5.74) is 8.75. The smallest absolute Gasteiger partial charge is 0.173 e. The number of phenolic OH excluding ortho intramolecular Hbond substituents is 1. The molecular weight excluding hydrogens is 392 g/mol. The van der Waals surface area contributed by atoms with E-state index in [9.17, 15) is 19.1 Å². The highest BCUT2D eigenvalue weighted by molar-refractivity contribution is 6.15. The molecule has 0 spiro atoms. The standard InChI is InChI=1S/C21H19F2N5O2/c1-10-17(11(2)27(3)25-10)20-19(21(24)26-30)18-13(22)5-4-6-16(18)28(20)15-8-7-12(29)9-14(15)23/h4-9,29-30H,1-3H3,(H2,24,26). The molecule has 0 atom stereocenters. The predicted molar refractivity (Wildman–Crippen MR) is 109 cm³/mol. The largest absolute Gasteiger partial charge is 0.508 e. The zero-order valence-electron chi connectivity index (χ0n) is 16.5. The van der Waals surface area contributed by atoms with Crippen molar-refractivity contribution in [2.75, 3.05) is 0 Å². The first-order valence-electron chi connectivity index (χ1n) is 9.06. The number of fused-ring (bicyclic) bond motifs is 1. The Bertz CT molecular complexity index is 1340. The predicted octanol–water partition coefficient (Wildman–Crippen LogP) is 3.73. The topological polar surface area (TPSA) is 102 Å². The van der Waals surface area contributed by atoms with Crippen LogP contribution in [0.15, 0.2) is 41.6 Å². The molecule has 7 nitrogen and oxygen atoms in total. The van der Waals surface area contributed by atoms with Crippen LogP contribution in [0.5, 0.6) is 5.75 Å². The first-order valence-corrected chi connectivity index (χ1v) is 9.06. The second-order valence-corrected chi connectivity index (χ2v) is 6.98. The maximum Gasteiger partial charge on any atom is 0.173 e. The van der Waals surface area contributed by atoms with Crippen molar-refractivity contribution in [3.05, 3.63) is 65.0 Å². The van der Waals surface area contributed by atoms with Crippen LogP contribution in [0.4, 0.5) is 8.78 Å². The molecular formula is C21H19F2N5O2. The molecule has 4 aromatic rings. The van der Waals surface area contributed by atoms with Crippen LogP contribution in [0.25, 0.3) is 27.8 Å². The Morgan fingerprint density at radius 2 is 1.87 bits per heavy atom. The number of oxime groups is 1. The molecule has 0 fully saturated rings. The fraction of sp³-hybridized carbons (Fsp3) is 0.143. The van der Waals surface area contributed by atoms with E-state index in [1.807, 2.05) is 6.92 Å². The highest BCUT2D eigenvalue weighted by atomic mass is 19.1. The zero-order valence-corrected chi connectivity index (χ0v) is 16.5. The number of halogens is 2. The number of aryl methyl sites for hydroxylation is 2. The van der Waals surface area contributed by atoms with Crippen LogP contribution < -0.4 is 5.73 Å². The Kier molecular flexibility index (Phi) is 4.45. The van der Waals surface area contributed by atoms with E-state index in [1.165, 1.54) is 28.8 Å². The van der Waals surface area contributed by atoms with Gasteiger partial charge in [0, 0.05) is 29.8 Å². The van der Waals surface area contributed by atoms with Crippen molar-refractivity contribution in [2.45, 2.75) is 13.8 Å². The van der Waals surface area contributed by atoms with E-state index in [-0.39, 0.29) is 28.2 Å². The van der Waals surface area contributed by atoms with E-state index in [0.29, 0.717) is 22.5 Å².